The van der Waals surface area contributed by atoms with Crippen molar-refractivity contribution in [1.82, 2.24) is 0 Å². The number of hydrogen-bond donors (Lipinski definition) is 1. The van der Waals surface area contributed by atoms with Crippen molar-refractivity contribution in [3.05, 3.63) is 11.6 Å². The summed E-state index contributed by atoms with van der Waals surface area (Å²) in [5.41, 5.74) is -0.569. The van der Waals surface area contributed by atoms with Crippen molar-refractivity contribution >= 4 is 0 Å². The third-order valence-electron chi connectivity index (χ3n) is 4.45. The van der Waals surface area contributed by atoms with E-state index in [1.54, 1.807) is 6.92 Å². The zero-order valence-corrected chi connectivity index (χ0v) is 13.8. The molecular weight excluding hydrogens is 266 g/mol. The fourth-order valence-electron chi connectivity index (χ4n) is 3.10. The fourth-order valence-corrected chi connectivity index (χ4v) is 3.10. The lowest BCUT2D eigenvalue weighted by Gasteiger charge is -2.39. The molecule has 1 aliphatic rings. The summed E-state index contributed by atoms with van der Waals surface area (Å²) >= 11 is 0. The van der Waals surface area contributed by atoms with E-state index in [9.17, 15) is 10.4 Å². The van der Waals surface area contributed by atoms with E-state index in [1.165, 1.54) is 6.42 Å². The van der Waals surface area contributed by atoms with Gasteiger partial charge in [0.15, 0.2) is 6.29 Å². The minimum absolute atomic E-state index is 0.113. The van der Waals surface area contributed by atoms with E-state index in [2.05, 4.69) is 6.07 Å². The summed E-state index contributed by atoms with van der Waals surface area (Å²) in [7, 11) is 0. The summed E-state index contributed by atoms with van der Waals surface area (Å²) in [5, 5.41) is 20.6. The maximum atomic E-state index is 10.9. The second-order valence-corrected chi connectivity index (χ2v) is 5.80. The lowest BCUT2D eigenvalue weighted by molar-refractivity contribution is -0.205. The number of aliphatic hydroxyl groups excluding tert-OH is 1. The first kappa shape index (κ1) is 18.2. The Kier molecular flexibility index (Phi) is 7.37. The predicted octanol–water partition coefficient (Wildman–Crippen LogP) is 3.56. The molecule has 3 atom stereocenters. The van der Waals surface area contributed by atoms with Crippen LogP contribution in [0.15, 0.2) is 11.6 Å². The van der Waals surface area contributed by atoms with Crippen LogP contribution in [0.2, 0.25) is 0 Å². The molecule has 0 saturated heterocycles. The first-order chi connectivity index (χ1) is 10.0. The minimum Gasteiger partial charge on any atom is -0.388 e. The number of nitriles is 1. The van der Waals surface area contributed by atoms with Crippen LogP contribution in [-0.2, 0) is 9.47 Å². The fraction of sp³-hybridized carbons (Fsp3) is 0.824. The molecule has 1 aliphatic carbocycles. The summed E-state index contributed by atoms with van der Waals surface area (Å²) in [6, 6.07) is 2.23. The first-order valence-corrected chi connectivity index (χ1v) is 8.03. The molecule has 1 N–H and O–H groups in total. The minimum atomic E-state index is -1.31. The SMILES string of the molecule is C/C=C(\C)C(C#N)(OC(C)OCC)C(O)C1CCCCC1. The molecule has 4 heteroatoms. The van der Waals surface area contributed by atoms with Crippen molar-refractivity contribution in [3.8, 4) is 6.07 Å². The van der Waals surface area contributed by atoms with Crippen LogP contribution in [0.5, 0.6) is 0 Å². The number of hydrogen-bond acceptors (Lipinski definition) is 4. The van der Waals surface area contributed by atoms with Crippen molar-refractivity contribution in [3.63, 3.8) is 0 Å². The largest absolute Gasteiger partial charge is 0.388 e. The van der Waals surface area contributed by atoms with E-state index >= 15 is 0 Å². The summed E-state index contributed by atoms with van der Waals surface area (Å²) in [4.78, 5) is 0. The van der Waals surface area contributed by atoms with Crippen LogP contribution in [0.1, 0.15) is 59.8 Å². The van der Waals surface area contributed by atoms with Gasteiger partial charge in [-0.25, -0.2) is 0 Å². The Hall–Kier alpha value is -0.890. The molecule has 0 aromatic heterocycles. The standard InChI is InChI=1S/C17H29NO3/c1-5-13(3)17(12-18,21-14(4)20-6-2)16(19)15-10-8-7-9-11-15/h5,14-16,19H,6-11H2,1-4H3/b13-5+. The zero-order valence-electron chi connectivity index (χ0n) is 13.8. The van der Waals surface area contributed by atoms with Gasteiger partial charge < -0.3 is 14.6 Å². The van der Waals surface area contributed by atoms with Gasteiger partial charge in [-0.1, -0.05) is 25.3 Å². The predicted molar refractivity (Wildman–Crippen MR) is 82.5 cm³/mol. The van der Waals surface area contributed by atoms with Crippen molar-refractivity contribution in [2.75, 3.05) is 6.61 Å². The number of nitrogens with zero attached hydrogens (tertiary/aromatic N) is 1. The van der Waals surface area contributed by atoms with E-state index in [4.69, 9.17) is 9.47 Å². The molecule has 1 saturated carbocycles. The Morgan fingerprint density at radius 2 is 2.05 bits per heavy atom. The van der Waals surface area contributed by atoms with Crippen LogP contribution >= 0.6 is 0 Å². The summed E-state index contributed by atoms with van der Waals surface area (Å²) < 4.78 is 11.3. The van der Waals surface area contributed by atoms with Gasteiger partial charge in [-0.3, -0.25) is 0 Å². The molecular formula is C17H29NO3. The summed E-state index contributed by atoms with van der Waals surface area (Å²) in [6.07, 6.45) is 5.83. The molecule has 21 heavy (non-hydrogen) atoms. The molecule has 0 aliphatic heterocycles. The maximum absolute atomic E-state index is 10.9. The number of allylic oxidation sites excluding steroid dienone is 1. The Labute approximate surface area is 128 Å². The van der Waals surface area contributed by atoms with Crippen LogP contribution in [-0.4, -0.2) is 29.7 Å². The molecule has 1 fully saturated rings. The third-order valence-corrected chi connectivity index (χ3v) is 4.45. The molecule has 0 spiro atoms. The van der Waals surface area contributed by atoms with Crippen LogP contribution in [0.25, 0.3) is 0 Å². The van der Waals surface area contributed by atoms with Gasteiger partial charge in [-0.2, -0.15) is 5.26 Å². The van der Waals surface area contributed by atoms with Gasteiger partial charge in [-0.05, 0) is 52.0 Å². The lowest BCUT2D eigenvalue weighted by atomic mass is 9.76. The second-order valence-electron chi connectivity index (χ2n) is 5.80. The van der Waals surface area contributed by atoms with Gasteiger partial charge in [-0.15, -0.1) is 0 Å². The van der Waals surface area contributed by atoms with Crippen molar-refractivity contribution in [1.29, 1.82) is 5.26 Å². The second kappa shape index (κ2) is 8.53. The molecule has 4 nitrogen and oxygen atoms in total. The Morgan fingerprint density at radius 1 is 1.43 bits per heavy atom. The number of aliphatic hydroxyl groups is 1. The molecule has 3 unspecified atom stereocenters. The van der Waals surface area contributed by atoms with Gasteiger partial charge in [0.1, 0.15) is 12.2 Å². The molecule has 0 aromatic carbocycles. The van der Waals surface area contributed by atoms with E-state index in [-0.39, 0.29) is 5.92 Å². The Bertz CT molecular complexity index is 382. The normalized spacial score (nSPS) is 23.1. The highest BCUT2D eigenvalue weighted by atomic mass is 16.7. The molecule has 120 valence electrons. The summed E-state index contributed by atoms with van der Waals surface area (Å²) in [5.74, 6) is 0.113. The smallest absolute Gasteiger partial charge is 0.204 e. The van der Waals surface area contributed by atoms with Crippen LogP contribution in [0.4, 0.5) is 0 Å². The number of ether oxygens (including phenoxy) is 2. The molecule has 0 aromatic rings. The van der Waals surface area contributed by atoms with Crippen LogP contribution < -0.4 is 0 Å². The van der Waals surface area contributed by atoms with E-state index in [1.807, 2.05) is 26.8 Å². The monoisotopic (exact) mass is 295 g/mol. The van der Waals surface area contributed by atoms with Gasteiger partial charge in [0.25, 0.3) is 0 Å². The quantitative estimate of drug-likeness (QED) is 0.576. The Morgan fingerprint density at radius 3 is 2.52 bits per heavy atom. The van der Waals surface area contributed by atoms with Crippen molar-refractivity contribution in [2.45, 2.75) is 77.8 Å². The van der Waals surface area contributed by atoms with Gasteiger partial charge in [0.2, 0.25) is 5.60 Å². The van der Waals surface area contributed by atoms with Crippen LogP contribution in [0, 0.1) is 17.2 Å². The van der Waals surface area contributed by atoms with Gasteiger partial charge in [0, 0.05) is 6.61 Å². The summed E-state index contributed by atoms with van der Waals surface area (Å²) in [6.45, 7) is 7.87. The molecule has 0 bridgehead atoms. The highest BCUT2D eigenvalue weighted by Gasteiger charge is 2.46. The molecule has 0 heterocycles. The highest BCUT2D eigenvalue weighted by Crippen LogP contribution is 2.37. The van der Waals surface area contributed by atoms with E-state index in [0.29, 0.717) is 6.61 Å². The van der Waals surface area contributed by atoms with E-state index in [0.717, 1.165) is 31.3 Å². The highest BCUT2D eigenvalue weighted by molar-refractivity contribution is 5.28. The van der Waals surface area contributed by atoms with Crippen molar-refractivity contribution in [2.24, 2.45) is 5.92 Å². The van der Waals surface area contributed by atoms with E-state index < -0.39 is 18.0 Å². The Balaban J connectivity index is 3.01. The van der Waals surface area contributed by atoms with Crippen LogP contribution in [0.3, 0.4) is 0 Å². The average Bonchev–Trinajstić information content (AvgIpc) is 2.52. The van der Waals surface area contributed by atoms with Gasteiger partial charge in [0.05, 0.1) is 0 Å². The molecule has 0 amide bonds. The molecule has 1 rings (SSSR count). The first-order valence-electron chi connectivity index (χ1n) is 8.03. The van der Waals surface area contributed by atoms with Crippen molar-refractivity contribution < 1.29 is 14.6 Å². The maximum Gasteiger partial charge on any atom is 0.204 e. The average molecular weight is 295 g/mol. The van der Waals surface area contributed by atoms with Gasteiger partial charge >= 0.3 is 0 Å². The number of rotatable bonds is 7. The third kappa shape index (κ3) is 4.29. The zero-order chi connectivity index (χ0) is 15.9. The molecule has 0 radical (unpaired) electrons. The lowest BCUT2D eigenvalue weighted by Crippen LogP contribution is -2.51. The topological polar surface area (TPSA) is 62.5 Å².